The van der Waals surface area contributed by atoms with Gasteiger partial charge in [-0.3, -0.25) is 14.2 Å². The Hall–Kier alpha value is -1.57. The van der Waals surface area contributed by atoms with Gasteiger partial charge >= 0.3 is 5.97 Å². The van der Waals surface area contributed by atoms with Gasteiger partial charge in [0.1, 0.15) is 11.4 Å². The van der Waals surface area contributed by atoms with Gasteiger partial charge in [-0.1, -0.05) is 11.8 Å². The molecule has 1 heterocycles. The Kier molecular flexibility index (Phi) is 3.76. The van der Waals surface area contributed by atoms with Crippen molar-refractivity contribution < 1.29 is 14.7 Å². The predicted octanol–water partition coefficient (Wildman–Crippen LogP) is -0.0164. The lowest BCUT2D eigenvalue weighted by atomic mass is 10.1. The van der Waals surface area contributed by atoms with Crippen molar-refractivity contribution in [2.24, 2.45) is 5.73 Å². The quantitative estimate of drug-likeness (QED) is 0.718. The summed E-state index contributed by atoms with van der Waals surface area (Å²) in [6.45, 7) is 4.95. The minimum atomic E-state index is -0.992. The highest BCUT2D eigenvalue weighted by molar-refractivity contribution is 7.99. The second-order valence-corrected chi connectivity index (χ2v) is 4.91. The average molecular weight is 258 g/mol. The zero-order valence-corrected chi connectivity index (χ0v) is 10.6. The highest BCUT2D eigenvalue weighted by Gasteiger charge is 2.32. The lowest BCUT2D eigenvalue weighted by molar-refractivity contribution is -0.133. The molecule has 0 spiro atoms. The molecule has 3 N–H and O–H groups in total. The molecule has 0 aliphatic rings. The first-order valence-electron chi connectivity index (χ1n) is 4.83. The first-order chi connectivity index (χ1) is 7.76. The molecule has 94 valence electrons. The summed E-state index contributed by atoms with van der Waals surface area (Å²) in [6, 6.07) is 0. The molecule has 0 fully saturated rings. The average Bonchev–Trinajstić information content (AvgIpc) is 2.56. The van der Waals surface area contributed by atoms with Crippen LogP contribution in [0.15, 0.2) is 5.16 Å². The molecule has 1 rings (SSSR count). The van der Waals surface area contributed by atoms with E-state index >= 15 is 0 Å². The topological polar surface area (TPSA) is 111 Å². The van der Waals surface area contributed by atoms with Crippen LogP contribution in [0.3, 0.4) is 0 Å². The van der Waals surface area contributed by atoms with Crippen LogP contribution in [0, 0.1) is 6.92 Å². The van der Waals surface area contributed by atoms with Gasteiger partial charge in [-0.15, -0.1) is 10.2 Å². The summed E-state index contributed by atoms with van der Waals surface area (Å²) < 4.78 is 1.54. The second kappa shape index (κ2) is 4.74. The normalized spacial score (nSPS) is 11.5. The van der Waals surface area contributed by atoms with Crippen molar-refractivity contribution in [3.05, 3.63) is 5.82 Å². The number of amides is 1. The van der Waals surface area contributed by atoms with Gasteiger partial charge in [-0.2, -0.15) is 0 Å². The molecular formula is C9H14N4O3S. The van der Waals surface area contributed by atoms with Crippen molar-refractivity contribution in [1.82, 2.24) is 14.8 Å². The summed E-state index contributed by atoms with van der Waals surface area (Å²) in [5.41, 5.74) is 4.32. The van der Waals surface area contributed by atoms with E-state index in [-0.39, 0.29) is 5.75 Å². The molecule has 0 aliphatic heterocycles. The van der Waals surface area contributed by atoms with E-state index in [0.717, 1.165) is 11.8 Å². The largest absolute Gasteiger partial charge is 0.481 e. The molecular weight excluding hydrogens is 244 g/mol. The number of hydrogen-bond donors (Lipinski definition) is 2. The molecule has 0 atom stereocenters. The Bertz CT molecular complexity index is 455. The number of carboxylic acid groups (broad SMARTS) is 1. The van der Waals surface area contributed by atoms with Crippen LogP contribution in [-0.4, -0.2) is 37.5 Å². The van der Waals surface area contributed by atoms with Crippen molar-refractivity contribution in [2.75, 3.05) is 5.75 Å². The maximum absolute atomic E-state index is 11.4. The minimum absolute atomic E-state index is 0.146. The Morgan fingerprint density at radius 3 is 2.53 bits per heavy atom. The van der Waals surface area contributed by atoms with Crippen LogP contribution >= 0.6 is 11.8 Å². The van der Waals surface area contributed by atoms with E-state index in [1.807, 2.05) is 0 Å². The third-order valence-electron chi connectivity index (χ3n) is 2.28. The zero-order chi connectivity index (χ0) is 13.2. The van der Waals surface area contributed by atoms with E-state index in [1.54, 1.807) is 25.3 Å². The molecule has 0 aromatic carbocycles. The maximum atomic E-state index is 11.4. The number of carbonyl (C=O) groups is 2. The zero-order valence-electron chi connectivity index (χ0n) is 9.80. The third kappa shape index (κ3) is 2.76. The van der Waals surface area contributed by atoms with Crippen molar-refractivity contribution in [2.45, 2.75) is 31.5 Å². The fourth-order valence-electron chi connectivity index (χ4n) is 1.32. The van der Waals surface area contributed by atoms with Crippen molar-refractivity contribution >= 4 is 23.6 Å². The highest BCUT2D eigenvalue weighted by atomic mass is 32.2. The number of rotatable bonds is 5. The van der Waals surface area contributed by atoms with Gasteiger partial charge in [0.15, 0.2) is 5.16 Å². The van der Waals surface area contributed by atoms with Gasteiger partial charge < -0.3 is 10.8 Å². The Balaban J connectivity index is 3.10. The molecule has 17 heavy (non-hydrogen) atoms. The summed E-state index contributed by atoms with van der Waals surface area (Å²) in [7, 11) is 0. The van der Waals surface area contributed by atoms with Gasteiger partial charge in [0.2, 0.25) is 5.91 Å². The second-order valence-electron chi connectivity index (χ2n) is 3.97. The van der Waals surface area contributed by atoms with Crippen LogP contribution in [0.5, 0.6) is 0 Å². The fraction of sp³-hybridized carbons (Fsp3) is 0.556. The molecule has 0 bridgehead atoms. The van der Waals surface area contributed by atoms with Gasteiger partial charge in [0, 0.05) is 0 Å². The minimum Gasteiger partial charge on any atom is -0.481 e. The molecule has 0 saturated carbocycles. The number of primary amides is 1. The first kappa shape index (κ1) is 13.5. The molecule has 0 unspecified atom stereocenters. The number of aromatic nitrogens is 3. The summed E-state index contributed by atoms with van der Waals surface area (Å²) in [5.74, 6) is -1.12. The van der Waals surface area contributed by atoms with E-state index in [0.29, 0.717) is 11.0 Å². The Morgan fingerprint density at radius 2 is 2.06 bits per heavy atom. The van der Waals surface area contributed by atoms with Gasteiger partial charge in [-0.25, -0.2) is 0 Å². The van der Waals surface area contributed by atoms with Gasteiger partial charge in [0.25, 0.3) is 0 Å². The Labute approximate surface area is 102 Å². The molecule has 0 saturated heterocycles. The van der Waals surface area contributed by atoms with E-state index in [2.05, 4.69) is 10.2 Å². The number of nitrogens with two attached hydrogens (primary N) is 1. The predicted molar refractivity (Wildman–Crippen MR) is 61.6 cm³/mol. The SMILES string of the molecule is Cc1nnc(SCC(=O)O)n1C(C)(C)C(N)=O. The summed E-state index contributed by atoms with van der Waals surface area (Å²) >= 11 is 1.00. The first-order valence-corrected chi connectivity index (χ1v) is 5.82. The smallest absolute Gasteiger partial charge is 0.313 e. The van der Waals surface area contributed by atoms with Crippen LogP contribution in [0.1, 0.15) is 19.7 Å². The molecule has 1 amide bonds. The lowest BCUT2D eigenvalue weighted by Gasteiger charge is -2.24. The van der Waals surface area contributed by atoms with Crippen LogP contribution in [0.4, 0.5) is 0 Å². The maximum Gasteiger partial charge on any atom is 0.313 e. The van der Waals surface area contributed by atoms with Crippen LogP contribution in [0.25, 0.3) is 0 Å². The molecule has 1 aromatic heterocycles. The number of thioether (sulfide) groups is 1. The monoisotopic (exact) mass is 258 g/mol. The number of carboxylic acids is 1. The molecule has 0 aliphatic carbocycles. The molecule has 7 nitrogen and oxygen atoms in total. The van der Waals surface area contributed by atoms with E-state index in [9.17, 15) is 9.59 Å². The van der Waals surface area contributed by atoms with E-state index in [1.165, 1.54) is 0 Å². The van der Waals surface area contributed by atoms with Crippen molar-refractivity contribution in [3.63, 3.8) is 0 Å². The molecule has 0 radical (unpaired) electrons. The van der Waals surface area contributed by atoms with Crippen molar-refractivity contribution in [1.29, 1.82) is 0 Å². The van der Waals surface area contributed by atoms with E-state index in [4.69, 9.17) is 10.8 Å². The summed E-state index contributed by atoms with van der Waals surface area (Å²) in [6.07, 6.45) is 0. The fourth-order valence-corrected chi connectivity index (χ4v) is 2.16. The number of aliphatic carboxylic acids is 1. The van der Waals surface area contributed by atoms with Crippen LogP contribution in [0.2, 0.25) is 0 Å². The highest BCUT2D eigenvalue weighted by Crippen LogP contribution is 2.25. The number of nitrogens with zero attached hydrogens (tertiary/aromatic N) is 3. The standard InChI is InChI=1S/C9H14N4O3S/c1-5-11-12-8(17-4-6(14)15)13(5)9(2,3)7(10)16/h4H2,1-3H3,(H2,10,16)(H,14,15). The molecule has 1 aromatic rings. The van der Waals surface area contributed by atoms with E-state index < -0.39 is 17.4 Å². The number of aryl methyl sites for hydroxylation is 1. The number of carbonyl (C=O) groups excluding carboxylic acids is 1. The van der Waals surface area contributed by atoms with Crippen molar-refractivity contribution in [3.8, 4) is 0 Å². The summed E-state index contributed by atoms with van der Waals surface area (Å²) in [4.78, 5) is 21.9. The van der Waals surface area contributed by atoms with Gasteiger partial charge in [0.05, 0.1) is 5.75 Å². The van der Waals surface area contributed by atoms with Crippen LogP contribution in [-0.2, 0) is 15.1 Å². The van der Waals surface area contributed by atoms with Crippen LogP contribution < -0.4 is 5.73 Å². The van der Waals surface area contributed by atoms with Gasteiger partial charge in [-0.05, 0) is 20.8 Å². The summed E-state index contributed by atoms with van der Waals surface area (Å²) in [5, 5.41) is 16.7. The molecule has 8 heteroatoms. The number of hydrogen-bond acceptors (Lipinski definition) is 5. The lowest BCUT2D eigenvalue weighted by Crippen LogP contribution is -2.42. The third-order valence-corrected chi connectivity index (χ3v) is 3.20. The Morgan fingerprint density at radius 1 is 1.47 bits per heavy atom.